The van der Waals surface area contributed by atoms with E-state index >= 15 is 0 Å². The fraction of sp³-hybridized carbons (Fsp3) is 1.00. The van der Waals surface area contributed by atoms with E-state index in [-0.39, 0.29) is 24.7 Å². The van der Waals surface area contributed by atoms with Gasteiger partial charge in [-0.2, -0.15) is 0 Å². The zero-order valence-corrected chi connectivity index (χ0v) is 17.8. The fourth-order valence-corrected chi connectivity index (χ4v) is 5.76. The molecule has 2 saturated heterocycles. The Morgan fingerprint density at radius 2 is 1.47 bits per heavy atom. The lowest BCUT2D eigenvalue weighted by molar-refractivity contribution is -0.333. The van der Waals surface area contributed by atoms with Crippen molar-refractivity contribution in [2.45, 2.75) is 112 Å². The van der Waals surface area contributed by atoms with Crippen molar-refractivity contribution >= 4 is 0 Å². The van der Waals surface area contributed by atoms with E-state index in [1.165, 1.54) is 0 Å². The lowest BCUT2D eigenvalue weighted by atomic mass is 9.72. The van der Waals surface area contributed by atoms with Crippen LogP contribution in [0.3, 0.4) is 0 Å². The first-order valence-corrected chi connectivity index (χ1v) is 11.5. The number of fused-ring (bicyclic) bond motifs is 1. The van der Waals surface area contributed by atoms with Crippen LogP contribution in [0.2, 0.25) is 0 Å². The largest absolute Gasteiger partial charge is 0.394 e. The van der Waals surface area contributed by atoms with E-state index in [4.69, 9.17) is 14.2 Å². The molecule has 0 aromatic rings. The molecule has 14 atom stereocenters. The van der Waals surface area contributed by atoms with E-state index in [1.54, 1.807) is 0 Å². The SMILES string of the molecule is OC[C@H]1O[C@H](OC2CC3C(O)CC(O)CC3OC2C2CCC(O)C(O)C2)[C@H](O)[C@@H](O)[C@H]1O. The van der Waals surface area contributed by atoms with Gasteiger partial charge in [0.05, 0.1) is 49.3 Å². The molecule has 11 heteroatoms. The molecule has 186 valence electrons. The third kappa shape index (κ3) is 4.84. The Labute approximate surface area is 186 Å². The maximum Gasteiger partial charge on any atom is 0.187 e. The van der Waals surface area contributed by atoms with Crippen molar-refractivity contribution in [1.29, 1.82) is 0 Å². The quantitative estimate of drug-likeness (QED) is 0.211. The molecule has 32 heavy (non-hydrogen) atoms. The van der Waals surface area contributed by atoms with Gasteiger partial charge >= 0.3 is 0 Å². The Hall–Kier alpha value is -0.440. The van der Waals surface area contributed by atoms with Crippen molar-refractivity contribution in [3.63, 3.8) is 0 Å². The van der Waals surface area contributed by atoms with Crippen molar-refractivity contribution in [1.82, 2.24) is 0 Å². The Kier molecular flexibility index (Phi) is 7.75. The van der Waals surface area contributed by atoms with Gasteiger partial charge in [-0.1, -0.05) is 0 Å². The van der Waals surface area contributed by atoms with E-state index in [9.17, 15) is 40.9 Å². The predicted molar refractivity (Wildman–Crippen MR) is 106 cm³/mol. The van der Waals surface area contributed by atoms with Crippen LogP contribution in [0.5, 0.6) is 0 Å². The van der Waals surface area contributed by atoms with Crippen LogP contribution in [0.4, 0.5) is 0 Å². The molecule has 11 nitrogen and oxygen atoms in total. The van der Waals surface area contributed by atoms with E-state index in [0.717, 1.165) is 0 Å². The number of hydrogen-bond donors (Lipinski definition) is 8. The Morgan fingerprint density at radius 3 is 2.16 bits per heavy atom. The topological polar surface area (TPSA) is 190 Å². The van der Waals surface area contributed by atoms with Crippen LogP contribution in [-0.2, 0) is 14.2 Å². The molecule has 0 bridgehead atoms. The molecule has 4 fully saturated rings. The first-order chi connectivity index (χ1) is 15.2. The summed E-state index contributed by atoms with van der Waals surface area (Å²) in [6.45, 7) is -0.580. The van der Waals surface area contributed by atoms with E-state index in [0.29, 0.717) is 25.7 Å². The lowest BCUT2D eigenvalue weighted by Gasteiger charge is -2.51. The van der Waals surface area contributed by atoms with Crippen LogP contribution in [0, 0.1) is 11.8 Å². The molecule has 2 heterocycles. The monoisotopic (exact) mass is 464 g/mol. The number of ether oxygens (including phenoxy) is 3. The highest BCUT2D eigenvalue weighted by molar-refractivity contribution is 4.99. The zero-order valence-electron chi connectivity index (χ0n) is 17.8. The van der Waals surface area contributed by atoms with Gasteiger partial charge in [-0.05, 0) is 44.4 Å². The van der Waals surface area contributed by atoms with Crippen molar-refractivity contribution in [3.8, 4) is 0 Å². The van der Waals surface area contributed by atoms with Gasteiger partial charge in [0.25, 0.3) is 0 Å². The highest BCUT2D eigenvalue weighted by atomic mass is 16.7. The van der Waals surface area contributed by atoms with Crippen molar-refractivity contribution in [2.75, 3.05) is 6.61 Å². The molecule has 0 spiro atoms. The van der Waals surface area contributed by atoms with Crippen molar-refractivity contribution in [2.24, 2.45) is 11.8 Å². The minimum absolute atomic E-state index is 0.180. The molecule has 2 aliphatic carbocycles. The average molecular weight is 465 g/mol. The van der Waals surface area contributed by atoms with Gasteiger partial charge in [-0.15, -0.1) is 0 Å². The Balaban J connectivity index is 1.54. The minimum Gasteiger partial charge on any atom is -0.394 e. The molecule has 8 N–H and O–H groups in total. The Bertz CT molecular complexity index is 621. The maximum atomic E-state index is 10.5. The van der Waals surface area contributed by atoms with Gasteiger partial charge in [0.2, 0.25) is 0 Å². The molecule has 0 radical (unpaired) electrons. The molecular weight excluding hydrogens is 428 g/mol. The molecule has 0 amide bonds. The number of aliphatic hydroxyl groups is 8. The molecule has 4 rings (SSSR count). The third-order valence-electron chi connectivity index (χ3n) is 7.64. The number of rotatable bonds is 4. The molecule has 4 aliphatic rings. The average Bonchev–Trinajstić information content (AvgIpc) is 2.76. The van der Waals surface area contributed by atoms with Crippen molar-refractivity contribution < 1.29 is 55.1 Å². The number of aliphatic hydroxyl groups excluding tert-OH is 8. The predicted octanol–water partition coefficient (Wildman–Crippen LogP) is -3.02. The van der Waals surface area contributed by atoms with Crippen LogP contribution in [0.15, 0.2) is 0 Å². The lowest BCUT2D eigenvalue weighted by Crippen LogP contribution is -2.62. The summed E-state index contributed by atoms with van der Waals surface area (Å²) in [6.07, 6.45) is -9.82. The highest BCUT2D eigenvalue weighted by Gasteiger charge is 2.51. The minimum atomic E-state index is -1.58. The van der Waals surface area contributed by atoms with E-state index < -0.39 is 80.0 Å². The second-order valence-corrected chi connectivity index (χ2v) is 9.81. The summed E-state index contributed by atoms with van der Waals surface area (Å²) >= 11 is 0. The van der Waals surface area contributed by atoms with Gasteiger partial charge in [0.15, 0.2) is 6.29 Å². The van der Waals surface area contributed by atoms with Crippen LogP contribution in [0.1, 0.15) is 38.5 Å². The van der Waals surface area contributed by atoms with Gasteiger partial charge < -0.3 is 55.1 Å². The molecule has 0 aromatic carbocycles. The summed E-state index contributed by atoms with van der Waals surface area (Å²) < 4.78 is 17.9. The second kappa shape index (κ2) is 10.0. The molecule has 2 aliphatic heterocycles. The second-order valence-electron chi connectivity index (χ2n) is 9.81. The maximum absolute atomic E-state index is 10.5. The first-order valence-electron chi connectivity index (χ1n) is 11.5. The summed E-state index contributed by atoms with van der Waals surface area (Å²) in [6, 6.07) is 0. The van der Waals surface area contributed by atoms with Crippen LogP contribution in [-0.4, -0.2) is 121 Å². The summed E-state index contributed by atoms with van der Waals surface area (Å²) in [7, 11) is 0. The first kappa shape index (κ1) is 24.7. The summed E-state index contributed by atoms with van der Waals surface area (Å²) in [5.74, 6) is -0.496. The zero-order chi connectivity index (χ0) is 23.2. The van der Waals surface area contributed by atoms with Gasteiger partial charge in [0.1, 0.15) is 24.4 Å². The summed E-state index contributed by atoms with van der Waals surface area (Å²) in [4.78, 5) is 0. The summed E-state index contributed by atoms with van der Waals surface area (Å²) in [5.41, 5.74) is 0. The fourth-order valence-electron chi connectivity index (χ4n) is 5.76. The van der Waals surface area contributed by atoms with Gasteiger partial charge in [0, 0.05) is 5.92 Å². The standard InChI is InChI=1S/C21H36O11/c22-7-16-17(27)18(28)19(29)21(32-16)31-15-6-10-12(25)4-9(23)5-14(10)30-20(15)8-1-2-11(24)13(26)3-8/h8-29H,1-7H2/t8?,9?,10?,11?,12?,13?,14?,15?,16-,17+,18+,19-,20?,21+/m1/s1. The van der Waals surface area contributed by atoms with Crippen LogP contribution < -0.4 is 0 Å². The van der Waals surface area contributed by atoms with Gasteiger partial charge in [-0.3, -0.25) is 0 Å². The molecule has 0 aromatic heterocycles. The molecule has 9 unspecified atom stereocenters. The van der Waals surface area contributed by atoms with Crippen molar-refractivity contribution in [3.05, 3.63) is 0 Å². The van der Waals surface area contributed by atoms with Gasteiger partial charge in [-0.25, -0.2) is 0 Å². The molecular formula is C21H36O11. The highest BCUT2D eigenvalue weighted by Crippen LogP contribution is 2.43. The van der Waals surface area contributed by atoms with E-state index in [2.05, 4.69) is 0 Å². The number of hydrogen-bond acceptors (Lipinski definition) is 11. The Morgan fingerprint density at radius 1 is 0.719 bits per heavy atom. The van der Waals surface area contributed by atoms with E-state index in [1.807, 2.05) is 0 Å². The third-order valence-corrected chi connectivity index (χ3v) is 7.64. The molecule has 2 saturated carbocycles. The van der Waals surface area contributed by atoms with Crippen LogP contribution in [0.25, 0.3) is 0 Å². The van der Waals surface area contributed by atoms with Crippen LogP contribution >= 0.6 is 0 Å². The normalized spacial score (nSPS) is 54.8. The summed E-state index contributed by atoms with van der Waals surface area (Å²) in [5, 5.41) is 80.7. The smallest absolute Gasteiger partial charge is 0.187 e.